The molecule has 0 aromatic rings. The first-order chi connectivity index (χ1) is 5.20. The molecule has 0 amide bonds. The molecule has 67 valence electrons. The predicted octanol–water partition coefficient (Wildman–Crippen LogP) is 1.44. The summed E-state index contributed by atoms with van der Waals surface area (Å²) in [7, 11) is 4.19. The van der Waals surface area contributed by atoms with E-state index < -0.39 is 0 Å². The lowest BCUT2D eigenvalue weighted by Gasteiger charge is -2.20. The van der Waals surface area contributed by atoms with Crippen molar-refractivity contribution >= 4 is 0 Å². The molecule has 0 aromatic carbocycles. The summed E-state index contributed by atoms with van der Waals surface area (Å²) in [6.45, 7) is 10.0. The number of rotatable bonds is 6. The third-order valence-corrected chi connectivity index (χ3v) is 1.62. The first-order valence-electron chi connectivity index (χ1n) is 4.42. The minimum Gasteiger partial charge on any atom is -0.308 e. The fraction of sp³-hybridized carbons (Fsp3) is 0.889. The van der Waals surface area contributed by atoms with Crippen LogP contribution in [-0.2, 0) is 0 Å². The summed E-state index contributed by atoms with van der Waals surface area (Å²) < 4.78 is 0. The summed E-state index contributed by atoms with van der Waals surface area (Å²) in [4.78, 5) is 4.54. The lowest BCUT2D eigenvalue weighted by atomic mass is 10.4. The quantitative estimate of drug-likeness (QED) is 0.575. The van der Waals surface area contributed by atoms with Gasteiger partial charge >= 0.3 is 0 Å². The summed E-state index contributed by atoms with van der Waals surface area (Å²) in [5.41, 5.74) is 0. The molecule has 0 aliphatic carbocycles. The maximum Gasteiger partial charge on any atom is 0.0390 e. The van der Waals surface area contributed by atoms with E-state index in [2.05, 4.69) is 44.3 Å². The minimum atomic E-state index is 1.05. The van der Waals surface area contributed by atoms with Crippen molar-refractivity contribution in [3.63, 3.8) is 0 Å². The van der Waals surface area contributed by atoms with Gasteiger partial charge in [0.2, 0.25) is 0 Å². The zero-order valence-electron chi connectivity index (χ0n) is 8.30. The van der Waals surface area contributed by atoms with Crippen molar-refractivity contribution in [2.45, 2.75) is 20.3 Å². The second-order valence-electron chi connectivity index (χ2n) is 3.07. The predicted molar refractivity (Wildman–Crippen MR) is 50.4 cm³/mol. The van der Waals surface area contributed by atoms with Gasteiger partial charge in [-0.3, -0.25) is 4.90 Å². The van der Waals surface area contributed by atoms with Crippen molar-refractivity contribution < 1.29 is 0 Å². The molecule has 0 atom stereocenters. The third kappa shape index (κ3) is 6.32. The Kier molecular flexibility index (Phi) is 6.57. The molecular formula is C9H21N2. The number of hydrogen-bond donors (Lipinski definition) is 0. The van der Waals surface area contributed by atoms with Crippen molar-refractivity contribution in [2.75, 3.05) is 33.7 Å². The zero-order valence-corrected chi connectivity index (χ0v) is 8.30. The van der Waals surface area contributed by atoms with Gasteiger partial charge in [0.05, 0.1) is 0 Å². The summed E-state index contributed by atoms with van der Waals surface area (Å²) in [6, 6.07) is 0. The monoisotopic (exact) mass is 157 g/mol. The summed E-state index contributed by atoms with van der Waals surface area (Å²) in [5.74, 6) is 0. The molecular weight excluding hydrogens is 136 g/mol. The Morgan fingerprint density at radius 3 is 2.18 bits per heavy atom. The van der Waals surface area contributed by atoms with E-state index in [0.717, 1.165) is 13.1 Å². The number of hydrogen-bond acceptors (Lipinski definition) is 2. The van der Waals surface area contributed by atoms with E-state index in [1.54, 1.807) is 0 Å². The van der Waals surface area contributed by atoms with Crippen LogP contribution in [0.4, 0.5) is 0 Å². The number of likely N-dealkylation sites (N-methyl/N-ethyl adjacent to an activating group) is 2. The first-order valence-corrected chi connectivity index (χ1v) is 4.42. The van der Waals surface area contributed by atoms with Crippen LogP contribution in [0, 0.1) is 6.54 Å². The maximum atomic E-state index is 2.36. The molecule has 0 N–H and O–H groups in total. The smallest absolute Gasteiger partial charge is 0.0390 e. The molecule has 0 aliphatic rings. The Morgan fingerprint density at radius 2 is 1.82 bits per heavy atom. The largest absolute Gasteiger partial charge is 0.308 e. The summed E-state index contributed by atoms with van der Waals surface area (Å²) >= 11 is 0. The highest BCUT2D eigenvalue weighted by atomic mass is 15.2. The molecule has 0 aliphatic heterocycles. The molecule has 2 nitrogen and oxygen atoms in total. The Bertz CT molecular complexity index is 81.6. The van der Waals surface area contributed by atoms with E-state index >= 15 is 0 Å². The van der Waals surface area contributed by atoms with E-state index in [4.69, 9.17) is 0 Å². The second kappa shape index (κ2) is 6.62. The first kappa shape index (κ1) is 10.9. The highest BCUT2D eigenvalue weighted by Gasteiger charge is 2.00. The zero-order chi connectivity index (χ0) is 8.69. The maximum absolute atomic E-state index is 2.36. The van der Waals surface area contributed by atoms with Gasteiger partial charge in [-0.1, -0.05) is 13.8 Å². The van der Waals surface area contributed by atoms with Gasteiger partial charge in [0.25, 0.3) is 0 Å². The molecule has 2 heteroatoms. The Labute approximate surface area is 71.2 Å². The van der Waals surface area contributed by atoms with Gasteiger partial charge in [-0.25, -0.2) is 0 Å². The average molecular weight is 157 g/mol. The van der Waals surface area contributed by atoms with Crippen LogP contribution in [0.5, 0.6) is 0 Å². The van der Waals surface area contributed by atoms with Crippen LogP contribution >= 0.6 is 0 Å². The molecule has 0 unspecified atom stereocenters. The Hall–Kier alpha value is -0.0800. The normalized spacial score (nSPS) is 11.5. The van der Waals surface area contributed by atoms with Crippen LogP contribution in [0.25, 0.3) is 0 Å². The topological polar surface area (TPSA) is 6.48 Å². The van der Waals surface area contributed by atoms with Crippen molar-refractivity contribution in [1.29, 1.82) is 0 Å². The van der Waals surface area contributed by atoms with Crippen LogP contribution in [0.2, 0.25) is 0 Å². The average Bonchev–Trinajstić information content (AvgIpc) is 1.97. The van der Waals surface area contributed by atoms with E-state index in [-0.39, 0.29) is 0 Å². The fourth-order valence-corrected chi connectivity index (χ4v) is 0.944. The standard InChI is InChI=1S/C9H21N2/c1-5-7-11(6-2)9-8-10(3)4/h9H,5-8H2,1-4H3. The van der Waals surface area contributed by atoms with Crippen molar-refractivity contribution in [2.24, 2.45) is 0 Å². The molecule has 0 bridgehead atoms. The molecule has 1 radical (unpaired) electrons. The van der Waals surface area contributed by atoms with Gasteiger partial charge in [-0.15, -0.1) is 0 Å². The van der Waals surface area contributed by atoms with Gasteiger partial charge in [0.15, 0.2) is 0 Å². The lowest BCUT2D eigenvalue weighted by molar-refractivity contribution is 0.305. The van der Waals surface area contributed by atoms with Crippen molar-refractivity contribution in [1.82, 2.24) is 9.80 Å². The van der Waals surface area contributed by atoms with E-state index in [1.807, 2.05) is 0 Å². The summed E-state index contributed by atoms with van der Waals surface area (Å²) in [6.07, 6.45) is 1.23. The second-order valence-corrected chi connectivity index (χ2v) is 3.07. The van der Waals surface area contributed by atoms with Gasteiger partial charge in [0.1, 0.15) is 0 Å². The molecule has 0 spiro atoms. The van der Waals surface area contributed by atoms with Crippen LogP contribution in [0.3, 0.4) is 0 Å². The molecule has 0 rings (SSSR count). The highest BCUT2D eigenvalue weighted by molar-refractivity contribution is 4.68. The van der Waals surface area contributed by atoms with Crippen LogP contribution in [0.1, 0.15) is 20.3 Å². The highest BCUT2D eigenvalue weighted by Crippen LogP contribution is 1.95. The minimum absolute atomic E-state index is 1.05. The Balaban J connectivity index is 3.35. The Morgan fingerprint density at radius 1 is 1.18 bits per heavy atom. The summed E-state index contributed by atoms with van der Waals surface area (Å²) in [5, 5.41) is 0. The molecule has 0 heterocycles. The number of nitrogens with zero attached hydrogens (tertiary/aromatic N) is 2. The molecule has 11 heavy (non-hydrogen) atoms. The molecule has 0 saturated carbocycles. The molecule has 0 aromatic heterocycles. The molecule has 0 fully saturated rings. The lowest BCUT2D eigenvalue weighted by Crippen LogP contribution is -2.27. The van der Waals surface area contributed by atoms with Gasteiger partial charge in [-0.2, -0.15) is 0 Å². The third-order valence-electron chi connectivity index (χ3n) is 1.62. The van der Waals surface area contributed by atoms with Gasteiger partial charge < -0.3 is 4.90 Å². The van der Waals surface area contributed by atoms with E-state index in [1.165, 1.54) is 13.0 Å². The van der Waals surface area contributed by atoms with E-state index in [9.17, 15) is 0 Å². The fourth-order valence-electron chi connectivity index (χ4n) is 0.944. The molecule has 0 saturated heterocycles. The SMILES string of the molecule is CCCN([CH]CN(C)C)CC. The van der Waals surface area contributed by atoms with Crippen LogP contribution in [0.15, 0.2) is 0 Å². The van der Waals surface area contributed by atoms with Gasteiger partial charge in [-0.05, 0) is 33.6 Å². The van der Waals surface area contributed by atoms with Crippen LogP contribution < -0.4 is 0 Å². The van der Waals surface area contributed by atoms with Crippen molar-refractivity contribution in [3.8, 4) is 0 Å². The van der Waals surface area contributed by atoms with Gasteiger partial charge in [0, 0.05) is 13.1 Å². The van der Waals surface area contributed by atoms with Crippen LogP contribution in [-0.4, -0.2) is 43.5 Å². The van der Waals surface area contributed by atoms with E-state index in [0.29, 0.717) is 0 Å². The van der Waals surface area contributed by atoms with Crippen molar-refractivity contribution in [3.05, 3.63) is 6.54 Å².